The summed E-state index contributed by atoms with van der Waals surface area (Å²) in [6, 6.07) is 14.2. The number of para-hydroxylation sites is 1. The number of fused-ring (bicyclic) bond motifs is 1. The molecule has 1 saturated carbocycles. The molecule has 0 spiro atoms. The summed E-state index contributed by atoms with van der Waals surface area (Å²) in [7, 11) is 1.66. The van der Waals surface area contributed by atoms with Crippen molar-refractivity contribution in [1.82, 2.24) is 15.0 Å². The van der Waals surface area contributed by atoms with Crippen LogP contribution in [-0.2, 0) is 5.75 Å². The second-order valence-electron chi connectivity index (χ2n) is 7.41. The molecular formula is C24H23N3O2S2. The molecule has 0 amide bonds. The van der Waals surface area contributed by atoms with E-state index in [1.54, 1.807) is 30.2 Å². The lowest BCUT2D eigenvalue weighted by molar-refractivity contribution is 0.311. The van der Waals surface area contributed by atoms with Gasteiger partial charge in [-0.2, -0.15) is 0 Å². The molecule has 0 bridgehead atoms. The molecule has 4 aromatic rings. The molecule has 7 heteroatoms. The van der Waals surface area contributed by atoms with Crippen molar-refractivity contribution >= 4 is 34.0 Å². The van der Waals surface area contributed by atoms with Gasteiger partial charge in [0.15, 0.2) is 11.5 Å². The summed E-state index contributed by atoms with van der Waals surface area (Å²) in [5, 5.41) is 5.26. The van der Waals surface area contributed by atoms with E-state index in [2.05, 4.69) is 17.5 Å². The van der Waals surface area contributed by atoms with Gasteiger partial charge in [-0.1, -0.05) is 30.0 Å². The van der Waals surface area contributed by atoms with Crippen molar-refractivity contribution in [1.29, 1.82) is 0 Å². The fourth-order valence-corrected chi connectivity index (χ4v) is 5.26. The van der Waals surface area contributed by atoms with Crippen LogP contribution >= 0.6 is 23.1 Å². The summed E-state index contributed by atoms with van der Waals surface area (Å²) in [5.74, 6) is 3.77. The molecule has 0 aliphatic heterocycles. The topological polar surface area (TPSA) is 57.1 Å². The molecule has 1 fully saturated rings. The van der Waals surface area contributed by atoms with Gasteiger partial charge in [0.05, 0.1) is 24.9 Å². The van der Waals surface area contributed by atoms with Crippen LogP contribution in [-0.4, -0.2) is 28.7 Å². The fraction of sp³-hybridized carbons (Fsp3) is 0.292. The molecule has 1 aliphatic carbocycles. The molecular weight excluding hydrogens is 426 g/mol. The first-order valence-electron chi connectivity index (χ1n) is 10.4. The Bertz CT molecular complexity index is 1220. The molecule has 31 heavy (non-hydrogen) atoms. The summed E-state index contributed by atoms with van der Waals surface area (Å²) < 4.78 is 11.1. The van der Waals surface area contributed by atoms with E-state index < -0.39 is 0 Å². The monoisotopic (exact) mass is 449 g/mol. The fourth-order valence-electron chi connectivity index (χ4n) is 3.42. The van der Waals surface area contributed by atoms with Crippen LogP contribution < -0.4 is 9.47 Å². The zero-order valence-electron chi connectivity index (χ0n) is 17.5. The first-order valence-corrected chi connectivity index (χ1v) is 12.3. The van der Waals surface area contributed by atoms with Crippen LogP contribution in [0.25, 0.3) is 21.5 Å². The zero-order valence-corrected chi connectivity index (χ0v) is 19.1. The largest absolute Gasteiger partial charge is 0.493 e. The molecule has 2 aromatic heterocycles. The highest BCUT2D eigenvalue weighted by molar-refractivity contribution is 7.98. The van der Waals surface area contributed by atoms with Gasteiger partial charge in [-0.25, -0.2) is 15.0 Å². The van der Waals surface area contributed by atoms with Crippen LogP contribution in [0.15, 0.2) is 52.9 Å². The summed E-state index contributed by atoms with van der Waals surface area (Å²) in [4.78, 5) is 14.5. The maximum Gasteiger partial charge on any atom is 0.161 e. The van der Waals surface area contributed by atoms with Crippen LogP contribution in [0, 0.1) is 0 Å². The minimum absolute atomic E-state index is 0.532. The number of methoxy groups -OCH3 is 1. The highest BCUT2D eigenvalue weighted by atomic mass is 32.2. The summed E-state index contributed by atoms with van der Waals surface area (Å²) >= 11 is 3.38. The van der Waals surface area contributed by atoms with Crippen LogP contribution in [0.1, 0.15) is 37.2 Å². The van der Waals surface area contributed by atoms with E-state index in [4.69, 9.17) is 24.4 Å². The zero-order chi connectivity index (χ0) is 21.2. The van der Waals surface area contributed by atoms with E-state index in [0.29, 0.717) is 12.5 Å². The Balaban J connectivity index is 1.36. The van der Waals surface area contributed by atoms with Crippen molar-refractivity contribution < 1.29 is 9.47 Å². The van der Waals surface area contributed by atoms with Gasteiger partial charge < -0.3 is 9.47 Å². The van der Waals surface area contributed by atoms with Gasteiger partial charge in [0, 0.05) is 28.0 Å². The van der Waals surface area contributed by atoms with Gasteiger partial charge in [-0.05, 0) is 44.0 Å². The lowest BCUT2D eigenvalue weighted by Gasteiger charge is -2.10. The van der Waals surface area contributed by atoms with Gasteiger partial charge in [0.2, 0.25) is 0 Å². The number of thiazole rings is 1. The Labute approximate surface area is 189 Å². The number of rotatable bonds is 8. The number of ether oxygens (including phenoxy) is 2. The van der Waals surface area contributed by atoms with Gasteiger partial charge in [-0.15, -0.1) is 11.3 Å². The molecule has 0 unspecified atom stereocenters. The van der Waals surface area contributed by atoms with Crippen molar-refractivity contribution in [3.05, 3.63) is 59.4 Å². The number of benzene rings is 2. The quantitative estimate of drug-likeness (QED) is 0.231. The van der Waals surface area contributed by atoms with Crippen LogP contribution in [0.2, 0.25) is 0 Å². The minimum atomic E-state index is 0.532. The second-order valence-corrected chi connectivity index (χ2v) is 9.23. The van der Waals surface area contributed by atoms with Crippen molar-refractivity contribution in [2.24, 2.45) is 0 Å². The molecule has 1 aliphatic rings. The van der Waals surface area contributed by atoms with Crippen LogP contribution in [0.3, 0.4) is 0 Å². The molecule has 0 radical (unpaired) electrons. The third-order valence-corrected chi connectivity index (χ3v) is 7.11. The van der Waals surface area contributed by atoms with Gasteiger partial charge >= 0.3 is 0 Å². The third-order valence-electron chi connectivity index (χ3n) is 5.15. The van der Waals surface area contributed by atoms with E-state index in [9.17, 15) is 0 Å². The molecule has 158 valence electrons. The third kappa shape index (κ3) is 4.38. The Morgan fingerprint density at radius 1 is 1.06 bits per heavy atom. The Kier molecular flexibility index (Phi) is 5.78. The average Bonchev–Trinajstić information content (AvgIpc) is 3.55. The normalized spacial score (nSPS) is 13.5. The van der Waals surface area contributed by atoms with E-state index in [1.165, 1.54) is 12.8 Å². The highest BCUT2D eigenvalue weighted by Gasteiger charge is 2.27. The number of thioether (sulfide) groups is 1. The minimum Gasteiger partial charge on any atom is -0.493 e. The lowest BCUT2D eigenvalue weighted by Crippen LogP contribution is -1.96. The molecule has 0 atom stereocenters. The van der Waals surface area contributed by atoms with E-state index in [0.717, 1.165) is 55.3 Å². The maximum atomic E-state index is 5.62. The first-order chi connectivity index (χ1) is 15.2. The molecule has 2 heterocycles. The summed E-state index contributed by atoms with van der Waals surface area (Å²) in [6.07, 6.45) is 2.40. The molecule has 5 rings (SSSR count). The number of aromatic nitrogens is 3. The molecule has 2 aromatic carbocycles. The smallest absolute Gasteiger partial charge is 0.161 e. The molecule has 0 N–H and O–H groups in total. The summed E-state index contributed by atoms with van der Waals surface area (Å²) in [5.41, 5.74) is 3.11. The van der Waals surface area contributed by atoms with Crippen molar-refractivity contribution in [2.45, 2.75) is 36.5 Å². The molecule has 5 nitrogen and oxygen atoms in total. The second kappa shape index (κ2) is 8.85. The van der Waals surface area contributed by atoms with E-state index in [1.807, 2.05) is 37.3 Å². The average molecular weight is 450 g/mol. The summed E-state index contributed by atoms with van der Waals surface area (Å²) in [6.45, 7) is 2.57. The van der Waals surface area contributed by atoms with Crippen LogP contribution in [0.5, 0.6) is 11.5 Å². The molecule has 0 saturated heterocycles. The maximum absolute atomic E-state index is 5.62. The van der Waals surface area contributed by atoms with Crippen molar-refractivity contribution in [3.8, 4) is 22.1 Å². The standard InChI is InChI=1S/C24H23N3O2S2/c1-3-29-20-11-10-16(12-21(20)28-2)23-25-17(13-30-23)14-31-24-18-6-4-5-7-19(18)26-22(27-24)15-8-9-15/h4-7,10-13,15H,3,8-9,14H2,1-2H3. The van der Waals surface area contributed by atoms with Gasteiger partial charge in [0.1, 0.15) is 15.9 Å². The lowest BCUT2D eigenvalue weighted by atomic mass is 10.2. The van der Waals surface area contributed by atoms with Crippen LogP contribution in [0.4, 0.5) is 0 Å². The first kappa shape index (κ1) is 20.3. The van der Waals surface area contributed by atoms with Gasteiger partial charge in [0.25, 0.3) is 0 Å². The van der Waals surface area contributed by atoms with Crippen molar-refractivity contribution in [3.63, 3.8) is 0 Å². The predicted octanol–water partition coefficient (Wildman–Crippen LogP) is 6.33. The number of hydrogen-bond donors (Lipinski definition) is 0. The highest BCUT2D eigenvalue weighted by Crippen LogP contribution is 2.40. The van der Waals surface area contributed by atoms with E-state index >= 15 is 0 Å². The predicted molar refractivity (Wildman–Crippen MR) is 126 cm³/mol. The SMILES string of the molecule is CCOc1ccc(-c2nc(CSc3nc(C4CC4)nc4ccccc34)cs2)cc1OC. The Hall–Kier alpha value is -2.64. The number of hydrogen-bond acceptors (Lipinski definition) is 7. The van der Waals surface area contributed by atoms with Gasteiger partial charge in [-0.3, -0.25) is 0 Å². The number of nitrogens with zero attached hydrogens (tertiary/aromatic N) is 3. The Morgan fingerprint density at radius 3 is 2.74 bits per heavy atom. The van der Waals surface area contributed by atoms with Crippen molar-refractivity contribution in [2.75, 3.05) is 13.7 Å². The van der Waals surface area contributed by atoms with E-state index in [-0.39, 0.29) is 0 Å². The Morgan fingerprint density at radius 2 is 1.94 bits per heavy atom.